The molecule has 7 rings (SSSR count). The third-order valence-electron chi connectivity index (χ3n) is 7.73. The lowest BCUT2D eigenvalue weighted by Crippen LogP contribution is -1.86. The lowest BCUT2D eigenvalue weighted by atomic mass is 9.91. The minimum Gasteiger partial charge on any atom is -0.0613 e. The Morgan fingerprint density at radius 3 is 1.03 bits per heavy atom. The molecule has 0 atom stereocenters. The average Bonchev–Trinajstić information content (AvgIpc) is 2.90. The first kappa shape index (κ1) is 19.6. The maximum Gasteiger partial charge on any atom is -0.00987 e. The molecule has 162 valence electrons. The van der Waals surface area contributed by atoms with Crippen molar-refractivity contribution in [3.05, 3.63) is 108 Å². The Hall–Kier alpha value is -3.90. The summed E-state index contributed by atoms with van der Waals surface area (Å²) in [6.07, 6.45) is 2.14. The predicted octanol–water partition coefficient (Wildman–Crippen LogP) is 9.73. The molecule has 0 amide bonds. The molecular formula is C34H26. The zero-order chi connectivity index (χ0) is 22.8. The molecule has 0 aliphatic rings. The maximum atomic E-state index is 2.39. The van der Waals surface area contributed by atoms with E-state index in [1.54, 1.807) is 0 Å². The van der Waals surface area contributed by atoms with Crippen LogP contribution < -0.4 is 0 Å². The molecule has 0 heterocycles. The van der Waals surface area contributed by atoms with Gasteiger partial charge in [-0.1, -0.05) is 98.8 Å². The Bertz CT molecular complexity index is 1780. The van der Waals surface area contributed by atoms with E-state index in [0.717, 1.165) is 12.8 Å². The fourth-order valence-electron chi connectivity index (χ4n) is 5.80. The Morgan fingerprint density at radius 1 is 0.324 bits per heavy atom. The van der Waals surface area contributed by atoms with Gasteiger partial charge in [-0.15, -0.1) is 0 Å². The molecule has 0 aliphatic heterocycles. The zero-order valence-corrected chi connectivity index (χ0v) is 19.7. The second-order valence-electron chi connectivity index (χ2n) is 9.57. The highest BCUT2D eigenvalue weighted by Gasteiger charge is 2.10. The van der Waals surface area contributed by atoms with Crippen LogP contribution in [0.1, 0.15) is 25.0 Å². The molecule has 0 fully saturated rings. The van der Waals surface area contributed by atoms with Gasteiger partial charge in [0.15, 0.2) is 0 Å². The monoisotopic (exact) mass is 434 g/mol. The highest BCUT2D eigenvalue weighted by Crippen LogP contribution is 2.37. The van der Waals surface area contributed by atoms with Gasteiger partial charge in [-0.3, -0.25) is 0 Å². The largest absolute Gasteiger partial charge is 0.0613 e. The second kappa shape index (κ2) is 7.30. The summed E-state index contributed by atoms with van der Waals surface area (Å²) in [6, 6.07) is 37.0. The Kier molecular flexibility index (Phi) is 4.20. The minimum absolute atomic E-state index is 1.07. The van der Waals surface area contributed by atoms with E-state index >= 15 is 0 Å². The lowest BCUT2D eigenvalue weighted by molar-refractivity contribution is 1.15. The normalized spacial score (nSPS) is 12.1. The van der Waals surface area contributed by atoms with Crippen molar-refractivity contribution in [2.24, 2.45) is 0 Å². The summed E-state index contributed by atoms with van der Waals surface area (Å²) in [7, 11) is 0. The van der Waals surface area contributed by atoms with Crippen molar-refractivity contribution in [2.75, 3.05) is 0 Å². The summed E-state index contributed by atoms with van der Waals surface area (Å²) in [5.74, 6) is 0. The summed E-state index contributed by atoms with van der Waals surface area (Å²) in [5, 5.41) is 16.0. The van der Waals surface area contributed by atoms with Crippen LogP contribution in [0.4, 0.5) is 0 Å². The van der Waals surface area contributed by atoms with Crippen LogP contribution in [0.15, 0.2) is 97.1 Å². The SMILES string of the molecule is CCc1ccc2c(ccc3c4cc5ccc6c7ccc(CC)cc7ccc6c5cc4ccc23)c1. The van der Waals surface area contributed by atoms with Crippen molar-refractivity contribution >= 4 is 64.6 Å². The number of hydrogen-bond acceptors (Lipinski definition) is 0. The first-order valence-corrected chi connectivity index (χ1v) is 12.4. The predicted molar refractivity (Wildman–Crippen MR) is 150 cm³/mol. The van der Waals surface area contributed by atoms with Crippen LogP contribution >= 0.6 is 0 Å². The molecule has 0 aromatic heterocycles. The number of rotatable bonds is 2. The fourth-order valence-corrected chi connectivity index (χ4v) is 5.80. The first-order valence-electron chi connectivity index (χ1n) is 12.4. The van der Waals surface area contributed by atoms with Crippen molar-refractivity contribution in [1.29, 1.82) is 0 Å². The molecule has 0 radical (unpaired) electrons. The molecule has 0 unspecified atom stereocenters. The van der Waals surface area contributed by atoms with E-state index in [2.05, 4.69) is 111 Å². The zero-order valence-electron chi connectivity index (χ0n) is 19.7. The summed E-state index contributed by atoms with van der Waals surface area (Å²) in [4.78, 5) is 0. The van der Waals surface area contributed by atoms with Crippen LogP contribution in [0.25, 0.3) is 64.6 Å². The van der Waals surface area contributed by atoms with Crippen LogP contribution in [0.5, 0.6) is 0 Å². The van der Waals surface area contributed by atoms with Crippen molar-refractivity contribution in [3.63, 3.8) is 0 Å². The van der Waals surface area contributed by atoms with Gasteiger partial charge in [-0.2, -0.15) is 0 Å². The molecule has 7 aromatic carbocycles. The van der Waals surface area contributed by atoms with E-state index < -0.39 is 0 Å². The molecule has 0 aliphatic carbocycles. The molecule has 0 heteroatoms. The van der Waals surface area contributed by atoms with Crippen LogP contribution in [0, 0.1) is 0 Å². The van der Waals surface area contributed by atoms with Gasteiger partial charge >= 0.3 is 0 Å². The number of fused-ring (bicyclic) bond motifs is 10. The third-order valence-corrected chi connectivity index (χ3v) is 7.73. The van der Waals surface area contributed by atoms with E-state index in [9.17, 15) is 0 Å². The lowest BCUT2D eigenvalue weighted by Gasteiger charge is -2.12. The molecule has 0 bridgehead atoms. The van der Waals surface area contributed by atoms with Gasteiger partial charge in [0.1, 0.15) is 0 Å². The molecule has 7 aromatic rings. The van der Waals surface area contributed by atoms with Gasteiger partial charge in [-0.25, -0.2) is 0 Å². The highest BCUT2D eigenvalue weighted by molar-refractivity contribution is 6.23. The minimum atomic E-state index is 1.07. The summed E-state index contributed by atoms with van der Waals surface area (Å²) < 4.78 is 0. The standard InChI is InChI=1S/C34H26/c1-3-21-5-11-27-23(17-21)7-15-31-29(27)13-9-25-20-34-26(19-33(25)31)10-14-30-28-12-6-22(4-2)18-24(28)8-16-32(30)34/h5-20H,3-4H2,1-2H3. The van der Waals surface area contributed by atoms with Crippen molar-refractivity contribution in [2.45, 2.75) is 26.7 Å². The number of aryl methyl sites for hydroxylation is 2. The van der Waals surface area contributed by atoms with Gasteiger partial charge < -0.3 is 0 Å². The summed E-state index contributed by atoms with van der Waals surface area (Å²) in [5.41, 5.74) is 2.79. The molecule has 0 spiro atoms. The molecule has 34 heavy (non-hydrogen) atoms. The molecule has 0 saturated heterocycles. The summed E-state index contributed by atoms with van der Waals surface area (Å²) in [6.45, 7) is 4.44. The average molecular weight is 435 g/mol. The van der Waals surface area contributed by atoms with Gasteiger partial charge in [0.2, 0.25) is 0 Å². The van der Waals surface area contributed by atoms with Gasteiger partial charge in [0.25, 0.3) is 0 Å². The van der Waals surface area contributed by atoms with E-state index in [0.29, 0.717) is 0 Å². The van der Waals surface area contributed by atoms with E-state index in [4.69, 9.17) is 0 Å². The Balaban J connectivity index is 1.52. The third kappa shape index (κ3) is 2.78. The summed E-state index contributed by atoms with van der Waals surface area (Å²) >= 11 is 0. The molecule has 0 nitrogen and oxygen atoms in total. The van der Waals surface area contributed by atoms with Crippen molar-refractivity contribution < 1.29 is 0 Å². The topological polar surface area (TPSA) is 0 Å². The van der Waals surface area contributed by atoms with Crippen LogP contribution in [-0.2, 0) is 12.8 Å². The quantitative estimate of drug-likeness (QED) is 0.188. The first-order chi connectivity index (χ1) is 16.7. The van der Waals surface area contributed by atoms with E-state index in [-0.39, 0.29) is 0 Å². The van der Waals surface area contributed by atoms with E-state index in [1.807, 2.05) is 0 Å². The number of hydrogen-bond donors (Lipinski definition) is 0. The molecule has 0 N–H and O–H groups in total. The number of benzene rings is 7. The van der Waals surface area contributed by atoms with Crippen molar-refractivity contribution in [1.82, 2.24) is 0 Å². The highest BCUT2D eigenvalue weighted by atomic mass is 14.1. The van der Waals surface area contributed by atoms with Gasteiger partial charge in [0.05, 0.1) is 0 Å². The Morgan fingerprint density at radius 2 is 0.647 bits per heavy atom. The second-order valence-corrected chi connectivity index (χ2v) is 9.57. The van der Waals surface area contributed by atoms with Crippen LogP contribution in [0.3, 0.4) is 0 Å². The Labute approximate surface area is 199 Å². The smallest absolute Gasteiger partial charge is 0.00987 e. The van der Waals surface area contributed by atoms with Gasteiger partial charge in [0, 0.05) is 0 Å². The van der Waals surface area contributed by atoms with E-state index in [1.165, 1.54) is 75.8 Å². The maximum absolute atomic E-state index is 2.39. The van der Waals surface area contributed by atoms with Crippen LogP contribution in [0.2, 0.25) is 0 Å². The van der Waals surface area contributed by atoms with Gasteiger partial charge in [-0.05, 0) is 101 Å². The van der Waals surface area contributed by atoms with Crippen molar-refractivity contribution in [3.8, 4) is 0 Å². The molecular weight excluding hydrogens is 408 g/mol. The fraction of sp³-hybridized carbons (Fsp3) is 0.118. The van der Waals surface area contributed by atoms with Crippen LogP contribution in [-0.4, -0.2) is 0 Å². The molecule has 0 saturated carbocycles.